The molecule has 0 spiro atoms. The molecule has 1 aliphatic heterocycles. The summed E-state index contributed by atoms with van der Waals surface area (Å²) in [6.45, 7) is 1.45. The molecule has 1 aliphatic rings. The average Bonchev–Trinajstić information content (AvgIpc) is 3.40. The maximum absolute atomic E-state index is 12.5. The molecule has 3 aromatic rings. The highest BCUT2D eigenvalue weighted by Gasteiger charge is 2.51. The number of nitrogens with two attached hydrogens (primary N) is 1. The van der Waals surface area contributed by atoms with Crippen LogP contribution in [0.2, 0.25) is 0 Å². The predicted octanol–water partition coefficient (Wildman–Crippen LogP) is -0.434. The fourth-order valence-electron chi connectivity index (χ4n) is 3.79. The van der Waals surface area contributed by atoms with Crippen LogP contribution in [0.3, 0.4) is 0 Å². The molecule has 4 N–H and O–H groups in total. The second-order valence-electron chi connectivity index (χ2n) is 7.98. The number of phenols is 1. The number of amides is 1. The number of phenolic OH excluding ortho intramolecular Hbond substituents is 1. The number of aromatic hydroxyl groups is 1. The lowest BCUT2D eigenvalue weighted by atomic mass is 10.1. The zero-order valence-electron chi connectivity index (χ0n) is 19.9. The molecule has 17 heteroatoms. The number of carbonyl (C=O) groups is 3. The molecule has 4 rings (SSSR count). The Labute approximate surface area is 214 Å². The topological polar surface area (TPSA) is 224 Å². The number of nitrogens with zero attached hydrogens (tertiary/aromatic N) is 4. The number of para-hydroxylation sites is 1. The molecular formula is C21H22N6O10S. The first kappa shape index (κ1) is 26.7. The number of hydrogen-bond donors (Lipinski definition) is 3. The van der Waals surface area contributed by atoms with Gasteiger partial charge in [0.15, 0.2) is 29.9 Å². The smallest absolute Gasteiger partial charge is 0.362 e. The Morgan fingerprint density at radius 2 is 1.79 bits per heavy atom. The van der Waals surface area contributed by atoms with Crippen molar-refractivity contribution in [3.05, 3.63) is 42.5 Å². The Balaban J connectivity index is 1.59. The Kier molecular flexibility index (Phi) is 7.42. The van der Waals surface area contributed by atoms with Crippen molar-refractivity contribution in [3.63, 3.8) is 0 Å². The summed E-state index contributed by atoms with van der Waals surface area (Å²) >= 11 is 0. The zero-order valence-corrected chi connectivity index (χ0v) is 20.7. The summed E-state index contributed by atoms with van der Waals surface area (Å²) in [4.78, 5) is 48.1. The Morgan fingerprint density at radius 3 is 2.47 bits per heavy atom. The number of fused-ring (bicyclic) bond motifs is 1. The van der Waals surface area contributed by atoms with Crippen LogP contribution < -0.4 is 10.5 Å². The summed E-state index contributed by atoms with van der Waals surface area (Å²) in [5.74, 6) is -3.05. The van der Waals surface area contributed by atoms with Gasteiger partial charge in [-0.3, -0.25) is 23.1 Å². The minimum absolute atomic E-state index is 0.0680. The third-order valence-corrected chi connectivity index (χ3v) is 6.19. The molecule has 0 aliphatic carbocycles. The monoisotopic (exact) mass is 550 g/mol. The lowest BCUT2D eigenvalue weighted by Gasteiger charge is -2.23. The van der Waals surface area contributed by atoms with Gasteiger partial charge in [0, 0.05) is 13.8 Å². The lowest BCUT2D eigenvalue weighted by Crippen LogP contribution is -2.41. The SMILES string of the molecule is CC(=O)O[C@@H]1[C@H](OC(C)=O)[C@@H](COS(=O)(=O)NC(=O)c2ccccc2O)O[C@H]1n1cnc2c(N)ncnc21. The number of imidazole rings is 1. The highest BCUT2D eigenvalue weighted by molar-refractivity contribution is 7.85. The Bertz CT molecular complexity index is 1490. The number of nitrogens with one attached hydrogen (secondary N) is 1. The van der Waals surface area contributed by atoms with Gasteiger partial charge in [-0.1, -0.05) is 12.1 Å². The average molecular weight is 551 g/mol. The zero-order chi connectivity index (χ0) is 27.6. The summed E-state index contributed by atoms with van der Waals surface area (Å²) in [5.41, 5.74) is 5.94. The van der Waals surface area contributed by atoms with Crippen molar-refractivity contribution in [2.75, 3.05) is 12.3 Å². The number of carbonyl (C=O) groups excluding carboxylic acids is 3. The highest BCUT2D eigenvalue weighted by Crippen LogP contribution is 2.36. The molecular weight excluding hydrogens is 528 g/mol. The van der Waals surface area contributed by atoms with Gasteiger partial charge in [-0.2, -0.15) is 8.42 Å². The van der Waals surface area contributed by atoms with Gasteiger partial charge in [0.25, 0.3) is 5.91 Å². The Morgan fingerprint density at radius 1 is 1.11 bits per heavy atom. The van der Waals surface area contributed by atoms with Crippen molar-refractivity contribution in [1.82, 2.24) is 24.2 Å². The Hall–Kier alpha value is -4.35. The van der Waals surface area contributed by atoms with E-state index in [1.807, 2.05) is 0 Å². The molecule has 38 heavy (non-hydrogen) atoms. The van der Waals surface area contributed by atoms with Gasteiger partial charge in [-0.25, -0.2) is 19.7 Å². The first-order chi connectivity index (χ1) is 18.0. The van der Waals surface area contributed by atoms with Gasteiger partial charge in [-0.05, 0) is 12.1 Å². The number of esters is 2. The van der Waals surface area contributed by atoms with E-state index in [0.717, 1.165) is 13.8 Å². The van der Waals surface area contributed by atoms with E-state index in [4.69, 9.17) is 24.1 Å². The fourth-order valence-corrected chi connectivity index (χ4v) is 4.50. The van der Waals surface area contributed by atoms with Crippen molar-refractivity contribution >= 4 is 45.1 Å². The third kappa shape index (κ3) is 5.63. The van der Waals surface area contributed by atoms with E-state index in [1.165, 1.54) is 41.5 Å². The highest BCUT2D eigenvalue weighted by atomic mass is 32.2. The van der Waals surface area contributed by atoms with Gasteiger partial charge in [0.2, 0.25) is 0 Å². The van der Waals surface area contributed by atoms with Crippen molar-refractivity contribution in [2.45, 2.75) is 38.4 Å². The molecule has 3 heterocycles. The van der Waals surface area contributed by atoms with Gasteiger partial charge in [0.05, 0.1) is 18.5 Å². The lowest BCUT2D eigenvalue weighted by molar-refractivity contribution is -0.165. The number of ether oxygens (including phenoxy) is 3. The van der Waals surface area contributed by atoms with Crippen LogP contribution in [-0.4, -0.2) is 75.8 Å². The van der Waals surface area contributed by atoms with Crippen molar-refractivity contribution < 1.29 is 46.3 Å². The normalized spacial score (nSPS) is 21.2. The van der Waals surface area contributed by atoms with E-state index in [0.29, 0.717) is 0 Å². The van der Waals surface area contributed by atoms with Crippen LogP contribution in [-0.2, 0) is 38.3 Å². The third-order valence-electron chi connectivity index (χ3n) is 5.30. The second-order valence-corrected chi connectivity index (χ2v) is 9.33. The van der Waals surface area contributed by atoms with E-state index in [-0.39, 0.29) is 22.5 Å². The molecule has 0 saturated carbocycles. The van der Waals surface area contributed by atoms with Crippen LogP contribution in [0.5, 0.6) is 5.75 Å². The first-order valence-corrected chi connectivity index (χ1v) is 12.3. The van der Waals surface area contributed by atoms with Crippen molar-refractivity contribution in [1.29, 1.82) is 0 Å². The quantitative estimate of drug-likeness (QED) is 0.303. The van der Waals surface area contributed by atoms with Gasteiger partial charge in [-0.15, -0.1) is 0 Å². The van der Waals surface area contributed by atoms with Crippen molar-refractivity contribution in [2.24, 2.45) is 0 Å². The summed E-state index contributed by atoms with van der Waals surface area (Å²) in [7, 11) is -4.73. The number of benzene rings is 1. The molecule has 0 radical (unpaired) electrons. The van der Waals surface area contributed by atoms with Crippen LogP contribution in [0.4, 0.5) is 5.82 Å². The standard InChI is InChI=1S/C21H22N6O10S/c1-10(28)35-16-14(7-34-38(32,33)26-20(31)12-5-3-4-6-13(12)30)37-21(17(16)36-11(2)29)27-9-25-15-18(22)23-8-24-19(15)27/h3-6,8-9,14,16-17,21,30H,7H2,1-2H3,(H,26,31)(H2,22,23,24)/t14-,16-,17-,21-/m1/s1. The van der Waals surface area contributed by atoms with Gasteiger partial charge < -0.3 is 25.1 Å². The van der Waals surface area contributed by atoms with Gasteiger partial charge in [0.1, 0.15) is 23.7 Å². The molecule has 1 amide bonds. The number of aromatic nitrogens is 4. The molecule has 1 aromatic carbocycles. The predicted molar refractivity (Wildman–Crippen MR) is 125 cm³/mol. The summed E-state index contributed by atoms with van der Waals surface area (Å²) in [6, 6.07) is 5.28. The molecule has 4 atom stereocenters. The summed E-state index contributed by atoms with van der Waals surface area (Å²) < 4.78 is 49.4. The number of nitrogen functional groups attached to an aromatic ring is 1. The first-order valence-electron chi connectivity index (χ1n) is 10.9. The van der Waals surface area contributed by atoms with E-state index >= 15 is 0 Å². The summed E-state index contributed by atoms with van der Waals surface area (Å²) in [5, 5.41) is 9.78. The van der Waals surface area contributed by atoms with Crippen LogP contribution in [0.1, 0.15) is 30.4 Å². The number of anilines is 1. The van der Waals surface area contributed by atoms with Gasteiger partial charge >= 0.3 is 22.2 Å². The van der Waals surface area contributed by atoms with Crippen LogP contribution in [0, 0.1) is 0 Å². The largest absolute Gasteiger partial charge is 0.507 e. The minimum atomic E-state index is -4.73. The van der Waals surface area contributed by atoms with Crippen LogP contribution >= 0.6 is 0 Å². The number of hydrogen-bond acceptors (Lipinski definition) is 14. The minimum Gasteiger partial charge on any atom is -0.507 e. The molecule has 2 aromatic heterocycles. The molecule has 0 bridgehead atoms. The van der Waals surface area contributed by atoms with Crippen LogP contribution in [0.15, 0.2) is 36.9 Å². The van der Waals surface area contributed by atoms with E-state index in [2.05, 4.69) is 15.0 Å². The summed E-state index contributed by atoms with van der Waals surface area (Å²) in [6.07, 6.45) is -2.65. The second kappa shape index (κ2) is 10.6. The molecule has 0 unspecified atom stereocenters. The molecule has 1 saturated heterocycles. The van der Waals surface area contributed by atoms with E-state index in [9.17, 15) is 27.9 Å². The molecule has 16 nitrogen and oxygen atoms in total. The fraction of sp³-hybridized carbons (Fsp3) is 0.333. The maximum Gasteiger partial charge on any atom is 0.362 e. The van der Waals surface area contributed by atoms with Crippen molar-refractivity contribution in [3.8, 4) is 5.75 Å². The number of rotatable bonds is 8. The molecule has 202 valence electrons. The molecule has 1 fully saturated rings. The van der Waals surface area contributed by atoms with E-state index in [1.54, 1.807) is 4.72 Å². The maximum atomic E-state index is 12.5. The van der Waals surface area contributed by atoms with E-state index < -0.39 is 65.0 Å². The van der Waals surface area contributed by atoms with Crippen LogP contribution in [0.25, 0.3) is 11.2 Å².